The molecule has 0 aromatic heterocycles. The van der Waals surface area contributed by atoms with Crippen LogP contribution >= 0.6 is 11.8 Å². The van der Waals surface area contributed by atoms with E-state index in [-0.39, 0.29) is 0 Å². The van der Waals surface area contributed by atoms with Gasteiger partial charge in [-0.1, -0.05) is 91.0 Å². The van der Waals surface area contributed by atoms with Crippen molar-refractivity contribution in [1.82, 2.24) is 0 Å². The molecule has 0 spiro atoms. The van der Waals surface area contributed by atoms with Crippen molar-refractivity contribution < 1.29 is 25.2 Å². The van der Waals surface area contributed by atoms with E-state index in [1.54, 1.807) is 0 Å². The highest BCUT2D eigenvalue weighted by Crippen LogP contribution is 2.52. The average molecular weight is 439 g/mol. The molecule has 1 aliphatic rings. The van der Waals surface area contributed by atoms with Gasteiger partial charge in [0, 0.05) is 0 Å². The summed E-state index contributed by atoms with van der Waals surface area (Å²) in [4.78, 5) is 0. The number of hydrogen-bond acceptors (Lipinski definition) is 6. The minimum atomic E-state index is -1.43. The number of aliphatic hydroxyl groups is 4. The quantitative estimate of drug-likeness (QED) is 0.442. The summed E-state index contributed by atoms with van der Waals surface area (Å²) < 4.78 is 5.14. The fourth-order valence-corrected chi connectivity index (χ4v) is 5.73. The van der Waals surface area contributed by atoms with E-state index in [9.17, 15) is 20.4 Å². The van der Waals surface area contributed by atoms with Crippen LogP contribution in [0.15, 0.2) is 91.0 Å². The molecule has 3 aromatic rings. The van der Waals surface area contributed by atoms with Crippen LogP contribution in [0.25, 0.3) is 0 Å². The van der Waals surface area contributed by atoms with Crippen LogP contribution in [0.2, 0.25) is 0 Å². The number of thioether (sulfide) groups is 1. The Morgan fingerprint density at radius 3 is 1.45 bits per heavy atom. The molecule has 0 unspecified atom stereocenters. The number of rotatable bonds is 6. The lowest BCUT2D eigenvalue weighted by Crippen LogP contribution is -2.58. The van der Waals surface area contributed by atoms with Crippen LogP contribution in [-0.4, -0.2) is 56.9 Å². The standard InChI is InChI=1S/C25H26O5S/c26-16-20-21(27)22(28)23(29)24(30-20)31-25(17-10-4-1-5-11-17,18-12-6-2-7-13-18)19-14-8-3-9-15-19/h1-15,20-24,26-29H,16H2/t20-,21-,22+,23+,24-/m1/s1. The molecule has 1 saturated heterocycles. The number of aliphatic hydroxyl groups excluding tert-OH is 4. The lowest BCUT2D eigenvalue weighted by molar-refractivity contribution is -0.205. The van der Waals surface area contributed by atoms with Gasteiger partial charge >= 0.3 is 0 Å². The Hall–Kier alpha value is -2.19. The highest BCUT2D eigenvalue weighted by molar-refractivity contribution is 8.01. The summed E-state index contributed by atoms with van der Waals surface area (Å²) in [6.45, 7) is -0.461. The van der Waals surface area contributed by atoms with E-state index in [4.69, 9.17) is 4.74 Å². The molecule has 5 atom stereocenters. The molecule has 31 heavy (non-hydrogen) atoms. The van der Waals surface area contributed by atoms with Gasteiger partial charge in [-0.2, -0.15) is 0 Å². The third-order valence-corrected chi connectivity index (χ3v) is 7.37. The summed E-state index contributed by atoms with van der Waals surface area (Å²) in [5.41, 5.74) is 2.05. The van der Waals surface area contributed by atoms with Crippen molar-refractivity contribution in [2.75, 3.05) is 6.61 Å². The van der Waals surface area contributed by atoms with Crippen molar-refractivity contribution in [3.05, 3.63) is 108 Å². The first kappa shape index (κ1) is 22.0. The molecule has 0 saturated carbocycles. The molecule has 0 bridgehead atoms. The first-order valence-corrected chi connectivity index (χ1v) is 11.1. The number of benzene rings is 3. The van der Waals surface area contributed by atoms with Gasteiger partial charge in [-0.3, -0.25) is 0 Å². The Balaban J connectivity index is 1.88. The van der Waals surface area contributed by atoms with Crippen LogP contribution < -0.4 is 0 Å². The van der Waals surface area contributed by atoms with Crippen molar-refractivity contribution in [2.24, 2.45) is 0 Å². The molecule has 6 heteroatoms. The predicted octanol–water partition coefficient (Wildman–Crippen LogP) is 2.51. The van der Waals surface area contributed by atoms with Crippen LogP contribution in [0.4, 0.5) is 0 Å². The lowest BCUT2D eigenvalue weighted by Gasteiger charge is -2.44. The fourth-order valence-electron chi connectivity index (χ4n) is 4.06. The topological polar surface area (TPSA) is 90.2 Å². The van der Waals surface area contributed by atoms with Gasteiger partial charge in [0.05, 0.1) is 11.4 Å². The largest absolute Gasteiger partial charge is 0.394 e. The molecule has 0 amide bonds. The van der Waals surface area contributed by atoms with Crippen molar-refractivity contribution in [3.63, 3.8) is 0 Å². The SMILES string of the molecule is OC[C@H]1O[C@H](SC(c2ccccc2)(c2ccccc2)c2ccccc2)[C@@H](O)[C@@H](O)[C@@H]1O. The second-order valence-corrected chi connectivity index (χ2v) is 8.91. The van der Waals surface area contributed by atoms with E-state index in [1.807, 2.05) is 91.0 Å². The van der Waals surface area contributed by atoms with E-state index >= 15 is 0 Å². The molecular formula is C25H26O5S. The summed E-state index contributed by atoms with van der Waals surface area (Å²) >= 11 is 1.35. The van der Waals surface area contributed by atoms with E-state index in [0.29, 0.717) is 0 Å². The first-order chi connectivity index (χ1) is 15.1. The Morgan fingerprint density at radius 2 is 1.06 bits per heavy atom. The zero-order valence-corrected chi connectivity index (χ0v) is 17.7. The number of hydrogen-bond donors (Lipinski definition) is 4. The van der Waals surface area contributed by atoms with Gasteiger partial charge < -0.3 is 25.2 Å². The van der Waals surface area contributed by atoms with Crippen LogP contribution in [0.5, 0.6) is 0 Å². The van der Waals surface area contributed by atoms with Crippen LogP contribution in [0.1, 0.15) is 16.7 Å². The maximum absolute atomic E-state index is 10.8. The molecule has 5 nitrogen and oxygen atoms in total. The van der Waals surface area contributed by atoms with Crippen molar-refractivity contribution in [2.45, 2.75) is 34.6 Å². The van der Waals surface area contributed by atoms with Gasteiger partial charge in [-0.25, -0.2) is 0 Å². The molecule has 3 aromatic carbocycles. The van der Waals surface area contributed by atoms with Crippen molar-refractivity contribution in [3.8, 4) is 0 Å². The molecule has 0 radical (unpaired) electrons. The highest BCUT2D eigenvalue weighted by atomic mass is 32.2. The third kappa shape index (κ3) is 4.15. The zero-order valence-electron chi connectivity index (χ0n) is 16.9. The molecule has 4 N–H and O–H groups in total. The predicted molar refractivity (Wildman–Crippen MR) is 121 cm³/mol. The highest BCUT2D eigenvalue weighted by Gasteiger charge is 2.48. The van der Waals surface area contributed by atoms with Crippen molar-refractivity contribution in [1.29, 1.82) is 0 Å². The fraction of sp³-hybridized carbons (Fsp3) is 0.280. The third-order valence-electron chi connectivity index (χ3n) is 5.68. The minimum absolute atomic E-state index is 0.461. The second-order valence-electron chi connectivity index (χ2n) is 7.59. The zero-order chi connectivity index (χ0) is 21.8. The van der Waals surface area contributed by atoms with E-state index in [0.717, 1.165) is 16.7 Å². The molecule has 0 aliphatic carbocycles. The molecule has 1 fully saturated rings. The smallest absolute Gasteiger partial charge is 0.133 e. The Labute approximate surface area is 186 Å². The van der Waals surface area contributed by atoms with Gasteiger partial charge in [0.15, 0.2) is 0 Å². The molecular weight excluding hydrogens is 412 g/mol. The number of ether oxygens (including phenoxy) is 1. The Bertz CT molecular complexity index is 855. The summed E-state index contributed by atoms with van der Waals surface area (Å²) in [5.74, 6) is 0. The van der Waals surface area contributed by atoms with Gasteiger partial charge in [-0.05, 0) is 16.7 Å². The summed E-state index contributed by atoms with van der Waals surface area (Å²) in [6, 6.07) is 29.8. The van der Waals surface area contributed by atoms with Crippen molar-refractivity contribution >= 4 is 11.8 Å². The summed E-state index contributed by atoms with van der Waals surface area (Å²) in [5, 5.41) is 41.0. The maximum Gasteiger partial charge on any atom is 0.133 e. The monoisotopic (exact) mass is 438 g/mol. The summed E-state index contributed by atoms with van der Waals surface area (Å²) in [6.07, 6.45) is -5.12. The first-order valence-electron chi connectivity index (χ1n) is 10.2. The second kappa shape index (κ2) is 9.53. The van der Waals surface area contributed by atoms with Gasteiger partial charge in [-0.15, -0.1) is 11.8 Å². The Morgan fingerprint density at radius 1 is 0.645 bits per heavy atom. The summed E-state index contributed by atoms with van der Waals surface area (Å²) in [7, 11) is 0. The molecule has 1 heterocycles. The van der Waals surface area contributed by atoms with Gasteiger partial charge in [0.25, 0.3) is 0 Å². The van der Waals surface area contributed by atoms with E-state index < -0.39 is 41.2 Å². The van der Waals surface area contributed by atoms with Crippen LogP contribution in [-0.2, 0) is 9.48 Å². The van der Waals surface area contributed by atoms with Crippen LogP contribution in [0.3, 0.4) is 0 Å². The van der Waals surface area contributed by atoms with E-state index in [1.165, 1.54) is 11.8 Å². The maximum atomic E-state index is 10.8. The van der Waals surface area contributed by atoms with Gasteiger partial charge in [0.2, 0.25) is 0 Å². The minimum Gasteiger partial charge on any atom is -0.394 e. The van der Waals surface area contributed by atoms with Gasteiger partial charge in [0.1, 0.15) is 29.9 Å². The molecule has 162 valence electrons. The molecule has 4 rings (SSSR count). The lowest BCUT2D eigenvalue weighted by atomic mass is 9.84. The molecule has 1 aliphatic heterocycles. The van der Waals surface area contributed by atoms with Crippen LogP contribution in [0, 0.1) is 0 Å². The normalized spacial score (nSPS) is 26.5. The average Bonchev–Trinajstić information content (AvgIpc) is 2.84. The Kier molecular flexibility index (Phi) is 6.77. The van der Waals surface area contributed by atoms with E-state index in [2.05, 4.69) is 0 Å².